The van der Waals surface area contributed by atoms with E-state index >= 15 is 0 Å². The minimum Gasteiger partial charge on any atom is -0.301 e. The van der Waals surface area contributed by atoms with Crippen molar-refractivity contribution < 1.29 is 4.79 Å². The van der Waals surface area contributed by atoms with E-state index in [0.717, 1.165) is 31.9 Å². The second kappa shape index (κ2) is 6.10. The van der Waals surface area contributed by atoms with E-state index in [-0.39, 0.29) is 5.91 Å². The number of hydrogen-bond acceptors (Lipinski definition) is 5. The Hall–Kier alpha value is -1.50. The summed E-state index contributed by atoms with van der Waals surface area (Å²) in [4.78, 5) is 20.5. The molecule has 1 saturated heterocycles. The molecule has 104 valence electrons. The summed E-state index contributed by atoms with van der Waals surface area (Å²) in [5.74, 6) is 4.76. The van der Waals surface area contributed by atoms with Crippen LogP contribution in [0.15, 0.2) is 18.2 Å². The Morgan fingerprint density at radius 1 is 1.53 bits per heavy atom. The molecule has 3 N–H and O–H groups in total. The van der Waals surface area contributed by atoms with E-state index in [1.807, 2.05) is 12.1 Å². The van der Waals surface area contributed by atoms with Gasteiger partial charge in [0.1, 0.15) is 5.69 Å². The van der Waals surface area contributed by atoms with Crippen LogP contribution in [0.3, 0.4) is 0 Å². The first-order chi connectivity index (χ1) is 9.10. The molecule has 1 fully saturated rings. The number of hydrazine groups is 1. The van der Waals surface area contributed by atoms with Gasteiger partial charge in [-0.15, -0.1) is 0 Å². The third-order valence-corrected chi connectivity index (χ3v) is 3.60. The van der Waals surface area contributed by atoms with Crippen molar-refractivity contribution in [2.24, 2.45) is 5.84 Å². The van der Waals surface area contributed by atoms with E-state index in [2.05, 4.69) is 34.2 Å². The molecule has 0 spiro atoms. The van der Waals surface area contributed by atoms with Gasteiger partial charge in [-0.05, 0) is 26.1 Å². The maximum atomic E-state index is 11.4. The van der Waals surface area contributed by atoms with Gasteiger partial charge in [-0.3, -0.25) is 15.1 Å². The number of carbonyl (C=O) groups is 1. The molecule has 1 amide bonds. The predicted molar refractivity (Wildman–Crippen MR) is 73.3 cm³/mol. The number of pyridine rings is 1. The van der Waals surface area contributed by atoms with Crippen molar-refractivity contribution >= 4 is 5.91 Å². The topological polar surface area (TPSA) is 74.5 Å². The van der Waals surface area contributed by atoms with Gasteiger partial charge in [0.25, 0.3) is 5.91 Å². The zero-order valence-electron chi connectivity index (χ0n) is 11.5. The summed E-state index contributed by atoms with van der Waals surface area (Å²) >= 11 is 0. The molecule has 6 heteroatoms. The zero-order chi connectivity index (χ0) is 13.8. The van der Waals surface area contributed by atoms with E-state index < -0.39 is 0 Å². The molecule has 0 aromatic carbocycles. The van der Waals surface area contributed by atoms with Crippen molar-refractivity contribution in [2.75, 3.05) is 26.7 Å². The minimum atomic E-state index is -0.353. The van der Waals surface area contributed by atoms with E-state index in [1.54, 1.807) is 6.07 Å². The number of carbonyl (C=O) groups excluding carboxylic acids is 1. The van der Waals surface area contributed by atoms with Crippen LogP contribution in [0.4, 0.5) is 0 Å². The third-order valence-electron chi connectivity index (χ3n) is 3.60. The van der Waals surface area contributed by atoms with Crippen LogP contribution in [-0.2, 0) is 6.54 Å². The lowest BCUT2D eigenvalue weighted by Crippen LogP contribution is -2.49. The highest BCUT2D eigenvalue weighted by atomic mass is 16.2. The monoisotopic (exact) mass is 263 g/mol. The lowest BCUT2D eigenvalue weighted by Gasteiger charge is -2.37. The van der Waals surface area contributed by atoms with Gasteiger partial charge in [0.05, 0.1) is 5.69 Å². The molecule has 1 unspecified atom stereocenters. The van der Waals surface area contributed by atoms with Gasteiger partial charge in [-0.1, -0.05) is 6.07 Å². The molecule has 2 heterocycles. The summed E-state index contributed by atoms with van der Waals surface area (Å²) in [6.45, 7) is 6.09. The summed E-state index contributed by atoms with van der Waals surface area (Å²) in [6, 6.07) is 5.99. The van der Waals surface area contributed by atoms with Crippen molar-refractivity contribution in [3.8, 4) is 0 Å². The van der Waals surface area contributed by atoms with Crippen LogP contribution >= 0.6 is 0 Å². The maximum absolute atomic E-state index is 11.4. The summed E-state index contributed by atoms with van der Waals surface area (Å²) < 4.78 is 0. The van der Waals surface area contributed by atoms with Crippen LogP contribution in [0.5, 0.6) is 0 Å². The standard InChI is InChI=1S/C13H21N5O/c1-10-8-18(7-6-17(10)2)9-11-4-3-5-12(15-11)13(19)16-14/h3-5,10H,6-9,14H2,1-2H3,(H,16,19). The number of rotatable bonds is 3. The van der Waals surface area contributed by atoms with Crippen LogP contribution in [-0.4, -0.2) is 53.4 Å². The van der Waals surface area contributed by atoms with Crippen LogP contribution in [0.2, 0.25) is 0 Å². The van der Waals surface area contributed by atoms with Crippen molar-refractivity contribution in [2.45, 2.75) is 19.5 Å². The molecular formula is C13H21N5O. The molecule has 0 saturated carbocycles. The number of nitrogens with one attached hydrogen (secondary N) is 1. The van der Waals surface area contributed by atoms with Crippen LogP contribution in [0.1, 0.15) is 23.1 Å². The Balaban J connectivity index is 2.01. The number of nitrogen functional groups attached to an aromatic ring is 1. The number of hydrogen-bond donors (Lipinski definition) is 2. The van der Waals surface area contributed by atoms with Crippen molar-refractivity contribution in [3.05, 3.63) is 29.6 Å². The van der Waals surface area contributed by atoms with E-state index in [4.69, 9.17) is 5.84 Å². The number of aromatic nitrogens is 1. The molecule has 19 heavy (non-hydrogen) atoms. The third kappa shape index (κ3) is 3.50. The lowest BCUT2D eigenvalue weighted by atomic mass is 10.2. The largest absolute Gasteiger partial charge is 0.301 e. The zero-order valence-corrected chi connectivity index (χ0v) is 11.5. The highest BCUT2D eigenvalue weighted by Crippen LogP contribution is 2.10. The van der Waals surface area contributed by atoms with Gasteiger partial charge in [0.15, 0.2) is 0 Å². The fraction of sp³-hybridized carbons (Fsp3) is 0.538. The first-order valence-electron chi connectivity index (χ1n) is 6.49. The van der Waals surface area contributed by atoms with Crippen LogP contribution in [0.25, 0.3) is 0 Å². The SMILES string of the molecule is CC1CN(Cc2cccc(C(=O)NN)n2)CCN1C. The van der Waals surface area contributed by atoms with Crippen LogP contribution in [0, 0.1) is 0 Å². The van der Waals surface area contributed by atoms with Gasteiger partial charge in [0, 0.05) is 32.2 Å². The number of nitrogens with zero attached hydrogens (tertiary/aromatic N) is 3. The fourth-order valence-electron chi connectivity index (χ4n) is 2.26. The Morgan fingerprint density at radius 2 is 2.32 bits per heavy atom. The van der Waals surface area contributed by atoms with Gasteiger partial charge >= 0.3 is 0 Å². The summed E-state index contributed by atoms with van der Waals surface area (Å²) in [5, 5.41) is 0. The molecule has 1 aliphatic rings. The molecule has 6 nitrogen and oxygen atoms in total. The Labute approximate surface area is 113 Å². The number of likely N-dealkylation sites (N-methyl/N-ethyl adjacent to an activating group) is 1. The van der Waals surface area contributed by atoms with Gasteiger partial charge in [0.2, 0.25) is 0 Å². The lowest BCUT2D eigenvalue weighted by molar-refractivity contribution is 0.0941. The fourth-order valence-corrected chi connectivity index (χ4v) is 2.26. The molecule has 1 aliphatic heterocycles. The van der Waals surface area contributed by atoms with Gasteiger partial charge in [-0.2, -0.15) is 0 Å². The molecule has 1 aromatic heterocycles. The number of nitrogens with two attached hydrogens (primary N) is 1. The highest BCUT2D eigenvalue weighted by molar-refractivity contribution is 5.91. The number of amides is 1. The molecule has 2 rings (SSSR count). The molecule has 0 bridgehead atoms. The van der Waals surface area contributed by atoms with E-state index in [9.17, 15) is 4.79 Å². The van der Waals surface area contributed by atoms with E-state index in [1.165, 1.54) is 0 Å². The van der Waals surface area contributed by atoms with Crippen molar-refractivity contribution in [3.63, 3.8) is 0 Å². The van der Waals surface area contributed by atoms with Gasteiger partial charge < -0.3 is 4.90 Å². The Kier molecular flexibility index (Phi) is 4.47. The molecule has 1 atom stereocenters. The number of piperazine rings is 1. The summed E-state index contributed by atoms with van der Waals surface area (Å²) in [5.41, 5.74) is 3.37. The maximum Gasteiger partial charge on any atom is 0.283 e. The van der Waals surface area contributed by atoms with Crippen LogP contribution < -0.4 is 11.3 Å². The minimum absolute atomic E-state index is 0.353. The Bertz CT molecular complexity index is 450. The van der Waals surface area contributed by atoms with Crippen molar-refractivity contribution in [1.29, 1.82) is 0 Å². The predicted octanol–water partition coefficient (Wildman–Crippen LogP) is -0.179. The molecule has 0 aliphatic carbocycles. The second-order valence-corrected chi connectivity index (χ2v) is 5.05. The smallest absolute Gasteiger partial charge is 0.283 e. The molecular weight excluding hydrogens is 242 g/mol. The first kappa shape index (κ1) is 13.9. The normalized spacial score (nSPS) is 21.3. The summed E-state index contributed by atoms with van der Waals surface area (Å²) in [7, 11) is 2.15. The quantitative estimate of drug-likeness (QED) is 0.449. The van der Waals surface area contributed by atoms with Gasteiger partial charge in [-0.25, -0.2) is 10.8 Å². The highest BCUT2D eigenvalue weighted by Gasteiger charge is 2.20. The molecule has 0 radical (unpaired) electrons. The van der Waals surface area contributed by atoms with E-state index in [0.29, 0.717) is 11.7 Å². The average Bonchev–Trinajstić information content (AvgIpc) is 2.42. The second-order valence-electron chi connectivity index (χ2n) is 5.05. The summed E-state index contributed by atoms with van der Waals surface area (Å²) in [6.07, 6.45) is 0. The van der Waals surface area contributed by atoms with Crippen molar-refractivity contribution in [1.82, 2.24) is 20.2 Å². The molecule has 1 aromatic rings. The Morgan fingerprint density at radius 3 is 3.00 bits per heavy atom. The first-order valence-corrected chi connectivity index (χ1v) is 6.49. The average molecular weight is 263 g/mol.